The molecule has 10 nitrogen and oxygen atoms in total. The smallest absolute Gasteiger partial charge is 0.294 e. The van der Waals surface area contributed by atoms with Crippen molar-refractivity contribution < 1.29 is 25.9 Å². The van der Waals surface area contributed by atoms with Gasteiger partial charge in [0.05, 0.1) is 15.5 Å². The molecule has 0 aliphatic carbocycles. The standard InChI is InChI=1S/C15H16N4.2C7H8O3S/c1-2-4-11(5-3-1)13-6-7-15(18-17-13)19-9-12-8-16-14(12)10-19;2*1-6-2-4-7(5-3-6)11(8,9)10/h1-7,12,14,16H,8-10H2;2*2-5H,1H3,(H,8,9,10)/t12-,14-;;/m1../s1. The fourth-order valence-electron chi connectivity index (χ4n) is 4.32. The number of anilines is 1. The summed E-state index contributed by atoms with van der Waals surface area (Å²) in [4.78, 5) is 2.20. The number of hydrogen-bond donors (Lipinski definition) is 3. The van der Waals surface area contributed by atoms with Gasteiger partial charge in [0.2, 0.25) is 0 Å². The van der Waals surface area contributed by atoms with E-state index in [-0.39, 0.29) is 9.79 Å². The first kappa shape index (κ1) is 30.3. The van der Waals surface area contributed by atoms with Crippen LogP contribution in [0.15, 0.2) is 101 Å². The van der Waals surface area contributed by atoms with Crippen LogP contribution < -0.4 is 10.2 Å². The van der Waals surface area contributed by atoms with E-state index in [2.05, 4.69) is 44.7 Å². The van der Waals surface area contributed by atoms with E-state index >= 15 is 0 Å². The van der Waals surface area contributed by atoms with E-state index in [0.717, 1.165) is 53.8 Å². The van der Waals surface area contributed by atoms with Gasteiger partial charge < -0.3 is 10.2 Å². The molecule has 2 atom stereocenters. The van der Waals surface area contributed by atoms with Crippen LogP contribution in [0.2, 0.25) is 0 Å². The molecule has 3 N–H and O–H groups in total. The van der Waals surface area contributed by atoms with Crippen LogP contribution in [0, 0.1) is 19.8 Å². The third kappa shape index (κ3) is 8.41. The highest BCUT2D eigenvalue weighted by molar-refractivity contribution is 7.86. The summed E-state index contributed by atoms with van der Waals surface area (Å²) in [5.41, 5.74) is 3.96. The van der Waals surface area contributed by atoms with Gasteiger partial charge in [-0.1, -0.05) is 65.7 Å². The molecular formula is C29H32N4O6S2. The number of fused-ring (bicyclic) bond motifs is 1. The van der Waals surface area contributed by atoms with Crippen LogP contribution in [0.25, 0.3) is 11.3 Å². The van der Waals surface area contributed by atoms with Gasteiger partial charge in [-0.25, -0.2) is 0 Å². The van der Waals surface area contributed by atoms with Gasteiger partial charge in [0.1, 0.15) is 0 Å². The molecule has 3 aromatic carbocycles. The second kappa shape index (κ2) is 12.9. The van der Waals surface area contributed by atoms with E-state index in [0.29, 0.717) is 6.04 Å². The highest BCUT2D eigenvalue weighted by Crippen LogP contribution is 2.27. The van der Waals surface area contributed by atoms with Crippen molar-refractivity contribution in [1.29, 1.82) is 0 Å². The van der Waals surface area contributed by atoms with Gasteiger partial charge in [-0.3, -0.25) is 9.11 Å². The molecule has 6 rings (SSSR count). The van der Waals surface area contributed by atoms with Gasteiger partial charge in [-0.15, -0.1) is 10.2 Å². The van der Waals surface area contributed by atoms with Crippen LogP contribution in [0.5, 0.6) is 0 Å². The lowest BCUT2D eigenvalue weighted by molar-refractivity contribution is 0.297. The Balaban J connectivity index is 0.000000153. The summed E-state index contributed by atoms with van der Waals surface area (Å²) in [6, 6.07) is 27.0. The minimum Gasteiger partial charge on any atom is -0.353 e. The topological polar surface area (TPSA) is 150 Å². The van der Waals surface area contributed by atoms with Crippen LogP contribution in [-0.2, 0) is 20.2 Å². The Morgan fingerprint density at radius 1 is 0.707 bits per heavy atom. The molecule has 12 heteroatoms. The number of benzene rings is 3. The first-order valence-corrected chi connectivity index (χ1v) is 15.7. The molecule has 0 unspecified atom stereocenters. The molecule has 0 amide bonds. The van der Waals surface area contributed by atoms with Crippen molar-refractivity contribution in [2.45, 2.75) is 29.7 Å². The first-order valence-electron chi connectivity index (χ1n) is 12.9. The van der Waals surface area contributed by atoms with Crippen molar-refractivity contribution in [1.82, 2.24) is 15.5 Å². The lowest BCUT2D eigenvalue weighted by Gasteiger charge is -2.29. The second-order valence-corrected chi connectivity index (χ2v) is 12.7. The summed E-state index contributed by atoms with van der Waals surface area (Å²) >= 11 is 0. The van der Waals surface area contributed by atoms with Gasteiger partial charge in [0.25, 0.3) is 20.2 Å². The van der Waals surface area contributed by atoms with E-state index < -0.39 is 20.2 Å². The van der Waals surface area contributed by atoms with Crippen molar-refractivity contribution in [3.8, 4) is 11.3 Å². The fourth-order valence-corrected chi connectivity index (χ4v) is 5.28. The minimum absolute atomic E-state index is 0.0666. The largest absolute Gasteiger partial charge is 0.353 e. The van der Waals surface area contributed by atoms with Gasteiger partial charge in [0.15, 0.2) is 5.82 Å². The molecular weight excluding hydrogens is 564 g/mol. The Morgan fingerprint density at radius 3 is 1.61 bits per heavy atom. The summed E-state index contributed by atoms with van der Waals surface area (Å²) in [5.74, 6) is 1.80. The van der Waals surface area contributed by atoms with Crippen LogP contribution in [0.3, 0.4) is 0 Å². The molecule has 0 saturated carbocycles. The Bertz CT molecular complexity index is 1560. The average Bonchev–Trinajstić information content (AvgIpc) is 3.23. The number of nitrogens with zero attached hydrogens (tertiary/aromatic N) is 3. The van der Waals surface area contributed by atoms with Crippen LogP contribution in [0.4, 0.5) is 5.82 Å². The zero-order valence-electron chi connectivity index (χ0n) is 22.6. The average molecular weight is 597 g/mol. The summed E-state index contributed by atoms with van der Waals surface area (Å²) < 4.78 is 59.1. The summed E-state index contributed by atoms with van der Waals surface area (Å²) in [5, 5.41) is 12.2. The van der Waals surface area contributed by atoms with E-state index in [1.54, 1.807) is 24.3 Å². The van der Waals surface area contributed by atoms with Crippen LogP contribution in [0.1, 0.15) is 11.1 Å². The monoisotopic (exact) mass is 596 g/mol. The maximum absolute atomic E-state index is 10.5. The van der Waals surface area contributed by atoms with E-state index in [1.165, 1.54) is 24.3 Å². The van der Waals surface area contributed by atoms with Crippen LogP contribution in [-0.4, -0.2) is 61.8 Å². The normalized spacial score (nSPS) is 17.7. The van der Waals surface area contributed by atoms with E-state index in [9.17, 15) is 16.8 Å². The molecule has 41 heavy (non-hydrogen) atoms. The van der Waals surface area contributed by atoms with E-state index in [4.69, 9.17) is 9.11 Å². The molecule has 0 spiro atoms. The number of aryl methyl sites for hydroxylation is 2. The van der Waals surface area contributed by atoms with Crippen LogP contribution >= 0.6 is 0 Å². The van der Waals surface area contributed by atoms with Crippen molar-refractivity contribution in [3.63, 3.8) is 0 Å². The van der Waals surface area contributed by atoms with Gasteiger partial charge in [-0.05, 0) is 50.2 Å². The number of rotatable bonds is 4. The van der Waals surface area contributed by atoms with E-state index in [1.807, 2.05) is 32.0 Å². The van der Waals surface area contributed by atoms with Crippen molar-refractivity contribution in [3.05, 3.63) is 102 Å². The first-order chi connectivity index (χ1) is 19.4. The molecule has 2 saturated heterocycles. The van der Waals surface area contributed by atoms with Crippen molar-refractivity contribution in [2.75, 3.05) is 24.5 Å². The van der Waals surface area contributed by atoms with Gasteiger partial charge in [0, 0.05) is 37.2 Å². The zero-order chi connectivity index (χ0) is 29.6. The summed E-state index contributed by atoms with van der Waals surface area (Å²) in [7, 11) is -8.04. The summed E-state index contributed by atoms with van der Waals surface area (Å²) in [6.07, 6.45) is 0. The minimum atomic E-state index is -4.02. The molecule has 3 heterocycles. The Morgan fingerprint density at radius 2 is 1.24 bits per heavy atom. The molecule has 4 aromatic rings. The molecule has 0 radical (unpaired) electrons. The van der Waals surface area contributed by atoms with Gasteiger partial charge >= 0.3 is 0 Å². The van der Waals surface area contributed by atoms with Crippen molar-refractivity contribution >= 4 is 26.1 Å². The maximum Gasteiger partial charge on any atom is 0.294 e. The zero-order valence-corrected chi connectivity index (χ0v) is 24.3. The number of nitrogens with one attached hydrogen (secondary N) is 1. The lowest BCUT2D eigenvalue weighted by atomic mass is 9.96. The van der Waals surface area contributed by atoms with Crippen molar-refractivity contribution in [2.24, 2.45) is 5.92 Å². The highest BCUT2D eigenvalue weighted by atomic mass is 32.2. The molecule has 2 aliphatic heterocycles. The third-order valence-corrected chi connectivity index (χ3v) is 8.50. The second-order valence-electron chi connectivity index (χ2n) is 9.90. The molecule has 0 bridgehead atoms. The fraction of sp³-hybridized carbons (Fsp3) is 0.241. The Labute approximate surface area is 240 Å². The SMILES string of the molecule is Cc1ccc(S(=O)(=O)O)cc1.Cc1ccc(S(=O)(=O)O)cc1.c1ccc(-c2ccc(N3C[C@H]4CN[C@@H]4C3)nn2)cc1. The molecule has 2 aliphatic rings. The molecule has 2 fully saturated rings. The molecule has 1 aromatic heterocycles. The predicted molar refractivity (Wildman–Crippen MR) is 157 cm³/mol. The Kier molecular flexibility index (Phi) is 9.51. The van der Waals surface area contributed by atoms with Gasteiger partial charge in [-0.2, -0.15) is 16.8 Å². The Hall–Kier alpha value is -3.68. The predicted octanol–water partition coefficient (Wildman–Crippen LogP) is 4.04. The summed E-state index contributed by atoms with van der Waals surface area (Å²) in [6.45, 7) is 7.00. The highest BCUT2D eigenvalue weighted by Gasteiger charge is 2.39. The third-order valence-electron chi connectivity index (χ3n) is 6.76. The molecule has 216 valence electrons. The quantitative estimate of drug-likeness (QED) is 0.295. The maximum atomic E-state index is 10.5. The number of hydrogen-bond acceptors (Lipinski definition) is 8. The number of aromatic nitrogens is 2. The lowest BCUT2D eigenvalue weighted by Crippen LogP contribution is -2.51.